The van der Waals surface area contributed by atoms with E-state index in [0.717, 1.165) is 19.5 Å². The summed E-state index contributed by atoms with van der Waals surface area (Å²) in [4.78, 5) is 12.5. The van der Waals surface area contributed by atoms with Crippen molar-refractivity contribution < 1.29 is 4.79 Å². The number of benzene rings is 2. The lowest BCUT2D eigenvalue weighted by atomic mass is 9.95. The van der Waals surface area contributed by atoms with E-state index in [2.05, 4.69) is 5.32 Å². The number of carbonyl (C=O) groups is 1. The lowest BCUT2D eigenvalue weighted by molar-refractivity contribution is 0.103. The van der Waals surface area contributed by atoms with E-state index < -0.39 is 0 Å². The predicted octanol–water partition coefficient (Wildman–Crippen LogP) is 3.87. The highest BCUT2D eigenvalue weighted by atomic mass is 35.5. The molecule has 0 bridgehead atoms. The van der Waals surface area contributed by atoms with Crippen LogP contribution in [0.3, 0.4) is 0 Å². The van der Waals surface area contributed by atoms with Crippen molar-refractivity contribution in [3.63, 3.8) is 0 Å². The second-order valence-electron chi connectivity index (χ2n) is 4.87. The molecule has 0 amide bonds. The van der Waals surface area contributed by atoms with E-state index >= 15 is 0 Å². The minimum atomic E-state index is -0.0306. The van der Waals surface area contributed by atoms with E-state index in [0.29, 0.717) is 21.2 Å². The summed E-state index contributed by atoms with van der Waals surface area (Å²) in [6.45, 7) is 1.81. The summed E-state index contributed by atoms with van der Waals surface area (Å²) in [5.41, 5.74) is 3.76. The van der Waals surface area contributed by atoms with E-state index in [1.54, 1.807) is 18.2 Å². The number of hydrogen-bond acceptors (Lipinski definition) is 2. The maximum Gasteiger partial charge on any atom is 0.193 e. The smallest absolute Gasteiger partial charge is 0.193 e. The van der Waals surface area contributed by atoms with E-state index in [-0.39, 0.29) is 5.78 Å². The van der Waals surface area contributed by atoms with Crippen molar-refractivity contribution in [2.24, 2.45) is 0 Å². The van der Waals surface area contributed by atoms with Crippen LogP contribution in [0.25, 0.3) is 0 Å². The standard InChI is InChI=1S/C16H13Cl2NO/c17-14-4-3-12(8-15(14)18)16(20)11-2-1-10-5-6-19-9-13(10)7-11/h1-4,7-8,19H,5-6,9H2. The Hall–Kier alpha value is -1.35. The molecule has 1 aliphatic heterocycles. The fourth-order valence-electron chi connectivity index (χ4n) is 2.43. The van der Waals surface area contributed by atoms with Gasteiger partial charge >= 0.3 is 0 Å². The van der Waals surface area contributed by atoms with Crippen LogP contribution < -0.4 is 5.32 Å². The zero-order chi connectivity index (χ0) is 14.1. The highest BCUT2D eigenvalue weighted by Crippen LogP contribution is 2.25. The highest BCUT2D eigenvalue weighted by Gasteiger charge is 2.14. The van der Waals surface area contributed by atoms with Gasteiger partial charge in [-0.25, -0.2) is 0 Å². The molecule has 0 atom stereocenters. The van der Waals surface area contributed by atoms with Gasteiger partial charge in [0.15, 0.2) is 5.78 Å². The van der Waals surface area contributed by atoms with Gasteiger partial charge in [0.05, 0.1) is 10.0 Å². The fraction of sp³-hybridized carbons (Fsp3) is 0.188. The fourth-order valence-corrected chi connectivity index (χ4v) is 2.72. The summed E-state index contributed by atoms with van der Waals surface area (Å²) in [6, 6.07) is 10.9. The van der Waals surface area contributed by atoms with E-state index in [1.807, 2.05) is 18.2 Å². The summed E-state index contributed by atoms with van der Waals surface area (Å²) in [5, 5.41) is 4.17. The van der Waals surface area contributed by atoms with Crippen LogP contribution in [0.4, 0.5) is 0 Å². The Morgan fingerprint density at radius 3 is 2.50 bits per heavy atom. The third kappa shape index (κ3) is 2.59. The van der Waals surface area contributed by atoms with Gasteiger partial charge in [-0.2, -0.15) is 0 Å². The van der Waals surface area contributed by atoms with E-state index in [9.17, 15) is 4.79 Å². The number of ketones is 1. The minimum absolute atomic E-state index is 0.0306. The quantitative estimate of drug-likeness (QED) is 0.853. The van der Waals surface area contributed by atoms with Crippen LogP contribution in [0.15, 0.2) is 36.4 Å². The molecule has 0 saturated heterocycles. The maximum absolute atomic E-state index is 12.5. The van der Waals surface area contributed by atoms with Gasteiger partial charge in [-0.3, -0.25) is 4.79 Å². The molecule has 0 aliphatic carbocycles. The van der Waals surface area contributed by atoms with Crippen molar-refractivity contribution in [1.82, 2.24) is 5.32 Å². The minimum Gasteiger partial charge on any atom is -0.312 e. The molecule has 2 aromatic carbocycles. The Balaban J connectivity index is 1.95. The summed E-state index contributed by atoms with van der Waals surface area (Å²) < 4.78 is 0. The molecular weight excluding hydrogens is 293 g/mol. The molecule has 1 aliphatic rings. The number of carbonyl (C=O) groups excluding carboxylic acids is 1. The van der Waals surface area contributed by atoms with Gasteiger partial charge in [-0.05, 0) is 48.4 Å². The molecule has 0 saturated carbocycles. The van der Waals surface area contributed by atoms with Crippen LogP contribution in [0.1, 0.15) is 27.0 Å². The van der Waals surface area contributed by atoms with Crippen molar-refractivity contribution >= 4 is 29.0 Å². The Bertz CT molecular complexity index is 682. The molecule has 1 heterocycles. The Kier molecular flexibility index (Phi) is 3.79. The molecule has 0 unspecified atom stereocenters. The Morgan fingerprint density at radius 2 is 1.70 bits per heavy atom. The zero-order valence-electron chi connectivity index (χ0n) is 10.7. The monoisotopic (exact) mass is 305 g/mol. The summed E-state index contributed by atoms with van der Waals surface area (Å²) in [6.07, 6.45) is 1.01. The average Bonchev–Trinajstić information content (AvgIpc) is 2.49. The van der Waals surface area contributed by atoms with Crippen LogP contribution in [0, 0.1) is 0 Å². The van der Waals surface area contributed by atoms with Crippen molar-refractivity contribution in [2.75, 3.05) is 6.54 Å². The molecule has 0 spiro atoms. The van der Waals surface area contributed by atoms with E-state index in [4.69, 9.17) is 23.2 Å². The number of rotatable bonds is 2. The normalized spacial score (nSPS) is 13.9. The summed E-state index contributed by atoms with van der Waals surface area (Å²) >= 11 is 11.8. The summed E-state index contributed by atoms with van der Waals surface area (Å²) in [5.74, 6) is -0.0306. The zero-order valence-corrected chi connectivity index (χ0v) is 12.3. The summed E-state index contributed by atoms with van der Waals surface area (Å²) in [7, 11) is 0. The second kappa shape index (κ2) is 5.57. The molecule has 2 nitrogen and oxygen atoms in total. The molecule has 2 aromatic rings. The van der Waals surface area contributed by atoms with E-state index in [1.165, 1.54) is 11.1 Å². The number of hydrogen-bond donors (Lipinski definition) is 1. The number of fused-ring (bicyclic) bond motifs is 1. The van der Waals surface area contributed by atoms with Gasteiger partial charge in [0.1, 0.15) is 0 Å². The molecule has 1 N–H and O–H groups in total. The molecule has 0 fully saturated rings. The second-order valence-corrected chi connectivity index (χ2v) is 5.68. The van der Waals surface area contributed by atoms with Gasteiger partial charge in [0, 0.05) is 17.7 Å². The lowest BCUT2D eigenvalue weighted by Gasteiger charge is -2.17. The third-order valence-corrected chi connectivity index (χ3v) is 4.28. The molecule has 20 heavy (non-hydrogen) atoms. The van der Waals surface area contributed by atoms with Gasteiger partial charge in [0.25, 0.3) is 0 Å². The number of halogens is 2. The SMILES string of the molecule is O=C(c1ccc(Cl)c(Cl)c1)c1ccc2c(c1)CNCC2. The molecule has 3 rings (SSSR count). The first-order valence-corrected chi connectivity index (χ1v) is 7.23. The lowest BCUT2D eigenvalue weighted by Crippen LogP contribution is -2.23. The van der Waals surface area contributed by atoms with Gasteiger partial charge in [-0.1, -0.05) is 35.3 Å². The van der Waals surface area contributed by atoms with Gasteiger partial charge < -0.3 is 5.32 Å². The topological polar surface area (TPSA) is 29.1 Å². The van der Waals surface area contributed by atoms with Gasteiger partial charge in [-0.15, -0.1) is 0 Å². The molecule has 4 heteroatoms. The van der Waals surface area contributed by atoms with Crippen LogP contribution in [0.5, 0.6) is 0 Å². The third-order valence-electron chi connectivity index (χ3n) is 3.54. The van der Waals surface area contributed by atoms with Crippen molar-refractivity contribution in [3.05, 3.63) is 68.7 Å². The molecule has 0 aromatic heterocycles. The average molecular weight is 306 g/mol. The Morgan fingerprint density at radius 1 is 0.950 bits per heavy atom. The van der Waals surface area contributed by atoms with Crippen molar-refractivity contribution in [1.29, 1.82) is 0 Å². The maximum atomic E-state index is 12.5. The van der Waals surface area contributed by atoms with Crippen molar-refractivity contribution in [2.45, 2.75) is 13.0 Å². The highest BCUT2D eigenvalue weighted by molar-refractivity contribution is 6.42. The Labute approximate surface area is 127 Å². The predicted molar refractivity (Wildman–Crippen MR) is 81.7 cm³/mol. The van der Waals surface area contributed by atoms with Crippen LogP contribution in [-0.4, -0.2) is 12.3 Å². The van der Waals surface area contributed by atoms with Gasteiger partial charge in [0.2, 0.25) is 0 Å². The van der Waals surface area contributed by atoms with Crippen LogP contribution in [0.2, 0.25) is 10.0 Å². The largest absolute Gasteiger partial charge is 0.312 e. The van der Waals surface area contributed by atoms with Crippen molar-refractivity contribution in [3.8, 4) is 0 Å². The molecule has 0 radical (unpaired) electrons. The van der Waals surface area contributed by atoms with Crippen LogP contribution >= 0.6 is 23.2 Å². The van der Waals surface area contributed by atoms with Crippen LogP contribution in [-0.2, 0) is 13.0 Å². The molecule has 102 valence electrons. The first-order valence-electron chi connectivity index (χ1n) is 6.47. The first-order chi connectivity index (χ1) is 9.65. The number of nitrogens with one attached hydrogen (secondary N) is 1. The first kappa shape index (κ1) is 13.6. The molecular formula is C16H13Cl2NO.